The number of imidazole rings is 1. The van der Waals surface area contributed by atoms with Crippen molar-refractivity contribution in [2.45, 2.75) is 13.3 Å². The number of rotatable bonds is 6. The molecule has 0 radical (unpaired) electrons. The molecule has 0 aromatic carbocycles. The Morgan fingerprint density at radius 1 is 1.48 bits per heavy atom. The third-order valence-corrected chi connectivity index (χ3v) is 3.42. The van der Waals surface area contributed by atoms with E-state index in [1.807, 2.05) is 32.6 Å². The number of aromatic carboxylic acids is 1. The van der Waals surface area contributed by atoms with E-state index in [0.29, 0.717) is 23.4 Å². The molecule has 2 heterocycles. The quantitative estimate of drug-likeness (QED) is 0.781. The van der Waals surface area contributed by atoms with Gasteiger partial charge in [0.25, 0.3) is 0 Å². The number of nitrogens with zero attached hydrogens (tertiary/aromatic N) is 4. The summed E-state index contributed by atoms with van der Waals surface area (Å²) in [5, 5.41) is 12.5. The molecule has 0 bridgehead atoms. The monoisotopic (exact) mass is 291 g/mol. The minimum Gasteiger partial charge on any atom is -0.478 e. The topological polar surface area (TPSA) is 83.3 Å². The third kappa shape index (κ3) is 3.13. The van der Waals surface area contributed by atoms with Gasteiger partial charge in [0.2, 0.25) is 0 Å². The predicted molar refractivity (Wildman–Crippen MR) is 81.9 cm³/mol. The van der Waals surface area contributed by atoms with Gasteiger partial charge in [-0.25, -0.2) is 14.8 Å². The zero-order valence-electron chi connectivity index (χ0n) is 12.8. The second-order valence-electron chi connectivity index (χ2n) is 5.33. The number of carboxylic acid groups (broad SMARTS) is 1. The molecule has 7 heteroatoms. The Morgan fingerprint density at radius 2 is 2.19 bits per heavy atom. The van der Waals surface area contributed by atoms with Gasteiger partial charge >= 0.3 is 5.97 Å². The van der Waals surface area contributed by atoms with Crippen molar-refractivity contribution in [1.82, 2.24) is 19.4 Å². The van der Waals surface area contributed by atoms with Gasteiger partial charge in [-0.15, -0.1) is 0 Å². The highest BCUT2D eigenvalue weighted by Crippen LogP contribution is 2.25. The minimum absolute atomic E-state index is 0.158. The number of carbonyl (C=O) groups is 1. The van der Waals surface area contributed by atoms with Gasteiger partial charge in [-0.2, -0.15) is 0 Å². The van der Waals surface area contributed by atoms with Crippen LogP contribution in [0.4, 0.5) is 5.69 Å². The van der Waals surface area contributed by atoms with E-state index in [0.717, 1.165) is 18.8 Å². The Hall–Kier alpha value is -2.15. The summed E-state index contributed by atoms with van der Waals surface area (Å²) in [6.07, 6.45) is 2.31. The third-order valence-electron chi connectivity index (χ3n) is 3.42. The lowest BCUT2D eigenvalue weighted by Gasteiger charge is -2.12. The van der Waals surface area contributed by atoms with E-state index in [1.165, 1.54) is 6.20 Å². The highest BCUT2D eigenvalue weighted by Gasteiger charge is 2.18. The van der Waals surface area contributed by atoms with E-state index in [1.54, 1.807) is 0 Å². The second kappa shape index (κ2) is 6.09. The number of hydrogen-bond donors (Lipinski definition) is 2. The fraction of sp³-hybridized carbons (Fsp3) is 0.500. The van der Waals surface area contributed by atoms with Crippen molar-refractivity contribution >= 4 is 22.8 Å². The maximum atomic E-state index is 11.4. The van der Waals surface area contributed by atoms with Crippen LogP contribution in [0.5, 0.6) is 0 Å². The molecule has 0 saturated heterocycles. The summed E-state index contributed by atoms with van der Waals surface area (Å²) in [4.78, 5) is 22.1. The number of fused-ring (bicyclic) bond motifs is 1. The standard InChI is InChI=1S/C14H21N5O2/c1-9-17-12-11(15-6-5-7-18(2)3)10(14(20)21)8-16-13(12)19(9)4/h8H,5-7H2,1-4H3,(H,15,16)(H,20,21). The smallest absolute Gasteiger partial charge is 0.339 e. The van der Waals surface area contributed by atoms with Crippen molar-refractivity contribution in [1.29, 1.82) is 0 Å². The summed E-state index contributed by atoms with van der Waals surface area (Å²) >= 11 is 0. The minimum atomic E-state index is -0.997. The number of hydrogen-bond acceptors (Lipinski definition) is 5. The maximum Gasteiger partial charge on any atom is 0.339 e. The van der Waals surface area contributed by atoms with Crippen molar-refractivity contribution in [2.75, 3.05) is 32.5 Å². The van der Waals surface area contributed by atoms with Crippen LogP contribution < -0.4 is 5.32 Å². The molecule has 0 aliphatic rings. The fourth-order valence-corrected chi connectivity index (χ4v) is 2.18. The van der Waals surface area contributed by atoms with E-state index in [-0.39, 0.29) is 5.56 Å². The lowest BCUT2D eigenvalue weighted by Crippen LogP contribution is -2.17. The maximum absolute atomic E-state index is 11.4. The number of pyridine rings is 1. The predicted octanol–water partition coefficient (Wildman–Crippen LogP) is 1.34. The van der Waals surface area contributed by atoms with E-state index >= 15 is 0 Å². The van der Waals surface area contributed by atoms with Crippen molar-refractivity contribution < 1.29 is 9.90 Å². The Morgan fingerprint density at radius 3 is 2.81 bits per heavy atom. The molecule has 0 amide bonds. The van der Waals surface area contributed by atoms with Crippen LogP contribution in [0.1, 0.15) is 22.6 Å². The van der Waals surface area contributed by atoms with Crippen LogP contribution in [0.25, 0.3) is 11.2 Å². The van der Waals surface area contributed by atoms with Gasteiger partial charge in [0, 0.05) is 19.8 Å². The van der Waals surface area contributed by atoms with Gasteiger partial charge < -0.3 is 19.9 Å². The van der Waals surface area contributed by atoms with Gasteiger partial charge in [0.1, 0.15) is 16.9 Å². The van der Waals surface area contributed by atoms with Crippen molar-refractivity contribution in [3.05, 3.63) is 17.6 Å². The molecule has 0 atom stereocenters. The molecule has 2 rings (SSSR count). The molecule has 0 spiro atoms. The average Bonchev–Trinajstić information content (AvgIpc) is 2.70. The first-order chi connectivity index (χ1) is 9.91. The number of aromatic nitrogens is 3. The summed E-state index contributed by atoms with van der Waals surface area (Å²) < 4.78 is 1.85. The number of aryl methyl sites for hydroxylation is 2. The van der Waals surface area contributed by atoms with Crippen LogP contribution in [-0.4, -0.2) is 57.7 Å². The summed E-state index contributed by atoms with van der Waals surface area (Å²) in [7, 11) is 5.89. The van der Waals surface area contributed by atoms with Gasteiger partial charge in [0.05, 0.1) is 5.69 Å². The molecule has 21 heavy (non-hydrogen) atoms. The summed E-state index contributed by atoms with van der Waals surface area (Å²) in [5.74, 6) is -0.195. The fourth-order valence-electron chi connectivity index (χ4n) is 2.18. The van der Waals surface area contributed by atoms with E-state index in [4.69, 9.17) is 0 Å². The first kappa shape index (κ1) is 15.2. The summed E-state index contributed by atoms with van der Waals surface area (Å²) in [5.41, 5.74) is 2.01. The Balaban J connectivity index is 2.35. The molecule has 0 aliphatic heterocycles. The van der Waals surface area contributed by atoms with Crippen LogP contribution >= 0.6 is 0 Å². The molecule has 0 saturated carbocycles. The van der Waals surface area contributed by atoms with E-state index in [9.17, 15) is 9.90 Å². The molecular weight excluding hydrogens is 270 g/mol. The summed E-state index contributed by atoms with van der Waals surface area (Å²) in [6.45, 7) is 3.50. The molecule has 2 aromatic rings. The van der Waals surface area contributed by atoms with Crippen molar-refractivity contribution in [2.24, 2.45) is 7.05 Å². The van der Waals surface area contributed by atoms with Crippen LogP contribution in [0.15, 0.2) is 6.20 Å². The lowest BCUT2D eigenvalue weighted by atomic mass is 10.2. The SMILES string of the molecule is Cc1nc2c(NCCCN(C)C)c(C(=O)O)cnc2n1C. The van der Waals surface area contributed by atoms with Crippen LogP contribution in [0.2, 0.25) is 0 Å². The zero-order chi connectivity index (χ0) is 15.6. The average molecular weight is 291 g/mol. The summed E-state index contributed by atoms with van der Waals surface area (Å²) in [6, 6.07) is 0. The molecular formula is C14H21N5O2. The molecule has 2 N–H and O–H groups in total. The largest absolute Gasteiger partial charge is 0.478 e. The lowest BCUT2D eigenvalue weighted by molar-refractivity contribution is 0.0697. The van der Waals surface area contributed by atoms with Crippen molar-refractivity contribution in [3.63, 3.8) is 0 Å². The van der Waals surface area contributed by atoms with Crippen LogP contribution in [-0.2, 0) is 7.05 Å². The Labute approximate surface area is 123 Å². The highest BCUT2D eigenvalue weighted by atomic mass is 16.4. The zero-order valence-corrected chi connectivity index (χ0v) is 12.8. The van der Waals surface area contributed by atoms with Gasteiger partial charge in [-0.3, -0.25) is 0 Å². The molecule has 0 fully saturated rings. The number of nitrogens with one attached hydrogen (secondary N) is 1. The Bertz CT molecular complexity index is 663. The molecule has 0 aliphatic carbocycles. The van der Waals surface area contributed by atoms with E-state index in [2.05, 4.69) is 20.2 Å². The van der Waals surface area contributed by atoms with Crippen molar-refractivity contribution in [3.8, 4) is 0 Å². The molecule has 2 aromatic heterocycles. The van der Waals surface area contributed by atoms with Gasteiger partial charge in [0.15, 0.2) is 5.65 Å². The first-order valence-electron chi connectivity index (χ1n) is 6.85. The Kier molecular flexibility index (Phi) is 4.42. The molecule has 0 unspecified atom stereocenters. The van der Waals surface area contributed by atoms with E-state index < -0.39 is 5.97 Å². The van der Waals surface area contributed by atoms with Gasteiger partial charge in [-0.05, 0) is 34.0 Å². The molecule has 114 valence electrons. The normalized spacial score (nSPS) is 11.3. The second-order valence-corrected chi connectivity index (χ2v) is 5.33. The number of anilines is 1. The first-order valence-corrected chi connectivity index (χ1v) is 6.85. The van der Waals surface area contributed by atoms with Gasteiger partial charge in [-0.1, -0.05) is 0 Å². The van der Waals surface area contributed by atoms with Crippen LogP contribution in [0.3, 0.4) is 0 Å². The van der Waals surface area contributed by atoms with Crippen LogP contribution in [0, 0.1) is 6.92 Å². The number of carboxylic acids is 1. The highest BCUT2D eigenvalue weighted by molar-refractivity contribution is 6.02. The molecule has 7 nitrogen and oxygen atoms in total.